The average molecular weight is 216 g/mol. The maximum Gasteiger partial charge on any atom is 0.205 e. The minimum absolute atomic E-state index is 0.106. The zero-order valence-electron chi connectivity index (χ0n) is 10.3. The number of Topliss-reactive ketones (excluding diaryl/α,β-unsaturated/α-hetero) is 1. The molecule has 0 fully saturated rings. The number of rotatable bonds is 2. The lowest BCUT2D eigenvalue weighted by Gasteiger charge is -2.15. The second kappa shape index (κ2) is 4.00. The van der Waals surface area contributed by atoms with Crippen LogP contribution in [0.15, 0.2) is 30.0 Å². The molecule has 0 saturated heterocycles. The van der Waals surface area contributed by atoms with Gasteiger partial charge in [0.1, 0.15) is 5.69 Å². The third kappa shape index (κ3) is 1.81. The molecule has 0 aliphatic heterocycles. The van der Waals surface area contributed by atoms with Gasteiger partial charge in [-0.05, 0) is 30.5 Å². The molecule has 1 aromatic rings. The largest absolute Gasteiger partial charge is 0.289 e. The zero-order valence-corrected chi connectivity index (χ0v) is 9.28. The Kier molecular flexibility index (Phi) is 2.37. The van der Waals surface area contributed by atoms with E-state index in [0.717, 1.165) is 0 Å². The minimum Gasteiger partial charge on any atom is -0.289 e. The summed E-state index contributed by atoms with van der Waals surface area (Å²) < 4.78 is 7.76. The maximum absolute atomic E-state index is 12.1. The van der Waals surface area contributed by atoms with Crippen LogP contribution in [0, 0.1) is 5.92 Å². The molecule has 3 nitrogen and oxygen atoms in total. The molecule has 0 aromatic carbocycles. The quantitative estimate of drug-likeness (QED) is 0.762. The van der Waals surface area contributed by atoms with E-state index in [4.69, 9.17) is 1.37 Å². The van der Waals surface area contributed by atoms with Crippen molar-refractivity contribution in [1.82, 2.24) is 4.98 Å². The highest BCUT2D eigenvalue weighted by Gasteiger charge is 2.26. The number of allylic oxidation sites excluding steroid dienone is 2. The predicted molar refractivity (Wildman–Crippen MR) is 60.4 cm³/mol. The summed E-state index contributed by atoms with van der Waals surface area (Å²) in [6.45, 7) is 3.91. The van der Waals surface area contributed by atoms with Crippen molar-refractivity contribution in [2.24, 2.45) is 5.92 Å². The van der Waals surface area contributed by atoms with Gasteiger partial charge in [0.15, 0.2) is 5.78 Å². The van der Waals surface area contributed by atoms with Gasteiger partial charge >= 0.3 is 0 Å². The smallest absolute Gasteiger partial charge is 0.205 e. The van der Waals surface area contributed by atoms with Gasteiger partial charge in [-0.3, -0.25) is 14.6 Å². The number of ketones is 2. The molecule has 0 radical (unpaired) electrons. The third-order valence-corrected chi connectivity index (χ3v) is 2.42. The Hall–Kier alpha value is -1.77. The average Bonchev–Trinajstić information content (AvgIpc) is 2.31. The van der Waals surface area contributed by atoms with Crippen molar-refractivity contribution in [3.8, 4) is 0 Å². The summed E-state index contributed by atoms with van der Waals surface area (Å²) in [4.78, 5) is 27.9. The molecule has 16 heavy (non-hydrogen) atoms. The Morgan fingerprint density at radius 1 is 1.44 bits per heavy atom. The van der Waals surface area contributed by atoms with Crippen LogP contribution in [0.2, 0.25) is 0 Å². The van der Waals surface area contributed by atoms with Crippen LogP contribution in [0.1, 0.15) is 42.5 Å². The van der Waals surface area contributed by atoms with Gasteiger partial charge in [-0.2, -0.15) is 0 Å². The molecular formula is C13H13NO2. The molecule has 0 spiro atoms. The van der Waals surface area contributed by atoms with Crippen LogP contribution in [0.4, 0.5) is 0 Å². The summed E-state index contributed by atoms with van der Waals surface area (Å²) in [6, 6.07) is 3.02. The normalized spacial score (nSPS) is 16.6. The Morgan fingerprint density at radius 3 is 2.88 bits per heavy atom. The highest BCUT2D eigenvalue weighted by atomic mass is 16.1. The van der Waals surface area contributed by atoms with Crippen LogP contribution in [-0.4, -0.2) is 16.6 Å². The van der Waals surface area contributed by atoms with Crippen LogP contribution in [0.3, 0.4) is 0 Å². The highest BCUT2D eigenvalue weighted by molar-refractivity contribution is 6.23. The topological polar surface area (TPSA) is 47.0 Å². The number of carbonyl (C=O) groups is 2. The first-order valence-electron chi connectivity index (χ1n) is 5.76. The molecule has 0 N–H and O–H groups in total. The zero-order chi connectivity index (χ0) is 12.6. The minimum atomic E-state index is -0.448. The van der Waals surface area contributed by atoms with Crippen LogP contribution >= 0.6 is 0 Å². The molecule has 0 saturated carbocycles. The van der Waals surface area contributed by atoms with E-state index in [2.05, 4.69) is 4.98 Å². The van der Waals surface area contributed by atoms with Crippen molar-refractivity contribution in [3.05, 3.63) is 41.2 Å². The number of hydrogen-bond donors (Lipinski definition) is 0. The monoisotopic (exact) mass is 216 g/mol. The molecule has 82 valence electrons. The van der Waals surface area contributed by atoms with Gasteiger partial charge in [0.2, 0.25) is 5.78 Å². The van der Waals surface area contributed by atoms with E-state index in [9.17, 15) is 9.59 Å². The lowest BCUT2D eigenvalue weighted by molar-refractivity contribution is 0.0976. The van der Waals surface area contributed by atoms with Gasteiger partial charge in [-0.25, -0.2) is 0 Å². The van der Waals surface area contributed by atoms with E-state index in [1.54, 1.807) is 12.1 Å². The molecule has 3 heteroatoms. The van der Waals surface area contributed by atoms with E-state index < -0.39 is 5.78 Å². The molecule has 1 aliphatic rings. The third-order valence-electron chi connectivity index (χ3n) is 2.42. The Labute approximate surface area is 95.6 Å². The van der Waals surface area contributed by atoms with Gasteiger partial charge in [0, 0.05) is 11.8 Å². The first kappa shape index (κ1) is 9.46. The van der Waals surface area contributed by atoms with Crippen molar-refractivity contribution < 1.29 is 11.0 Å². The van der Waals surface area contributed by atoms with E-state index in [1.807, 2.05) is 13.8 Å². The number of nitrogens with zero attached hydrogens (tertiary/aromatic N) is 1. The number of pyridine rings is 1. The van der Waals surface area contributed by atoms with E-state index in [1.165, 1.54) is 6.20 Å². The first-order chi connectivity index (χ1) is 8.02. The fraction of sp³-hybridized carbons (Fsp3) is 0.308. The highest BCUT2D eigenvalue weighted by Crippen LogP contribution is 2.23. The molecule has 1 heterocycles. The molecular weight excluding hydrogens is 202 g/mol. The van der Waals surface area contributed by atoms with Crippen molar-refractivity contribution in [3.63, 3.8) is 0 Å². The number of fused-ring (bicyclic) bond motifs is 1. The predicted octanol–water partition coefficient (Wildman–Crippen LogP) is 2.43. The Morgan fingerprint density at radius 2 is 2.19 bits per heavy atom. The molecule has 0 amide bonds. The lowest BCUT2D eigenvalue weighted by Crippen LogP contribution is -2.19. The Balaban J connectivity index is 2.54. The molecule has 0 unspecified atom stereocenters. The van der Waals surface area contributed by atoms with E-state index in [0.29, 0.717) is 17.6 Å². The number of aromatic nitrogens is 1. The van der Waals surface area contributed by atoms with Crippen molar-refractivity contribution in [2.45, 2.75) is 20.3 Å². The molecule has 0 bridgehead atoms. The first-order valence-corrected chi connectivity index (χ1v) is 5.26. The van der Waals surface area contributed by atoms with Gasteiger partial charge < -0.3 is 0 Å². The fourth-order valence-corrected chi connectivity index (χ4v) is 1.74. The Bertz CT molecular complexity index is 532. The molecule has 2 rings (SSSR count). The summed E-state index contributed by atoms with van der Waals surface area (Å²) in [5, 5.41) is 0. The van der Waals surface area contributed by atoms with Gasteiger partial charge in [-0.15, -0.1) is 0 Å². The van der Waals surface area contributed by atoms with Crippen LogP contribution in [-0.2, 0) is 0 Å². The van der Waals surface area contributed by atoms with Gasteiger partial charge in [0.25, 0.3) is 0 Å². The number of carbonyl (C=O) groups excluding carboxylic acids is 2. The van der Waals surface area contributed by atoms with E-state index >= 15 is 0 Å². The van der Waals surface area contributed by atoms with Crippen molar-refractivity contribution in [1.29, 1.82) is 0 Å². The summed E-state index contributed by atoms with van der Waals surface area (Å²) in [6.07, 6.45) is 1.92. The summed E-state index contributed by atoms with van der Waals surface area (Å²) >= 11 is 0. The second-order valence-electron chi connectivity index (χ2n) is 4.26. The lowest BCUT2D eigenvalue weighted by atomic mass is 9.88. The summed E-state index contributed by atoms with van der Waals surface area (Å²) in [7, 11) is 0. The molecule has 1 aromatic heterocycles. The standard InChI is InChI=1S/C13H13NO2/c1-8(2)6-9-7-11(15)12-10(13(9)16)4-3-5-14-12/h3-5,7-8H,6H2,1-2H3/i7D. The van der Waals surface area contributed by atoms with Crippen LogP contribution < -0.4 is 0 Å². The summed E-state index contributed by atoms with van der Waals surface area (Å²) in [5.41, 5.74) is 0.740. The molecule has 0 atom stereocenters. The summed E-state index contributed by atoms with van der Waals surface area (Å²) in [5.74, 6) is -0.442. The van der Waals surface area contributed by atoms with Gasteiger partial charge in [0.05, 0.1) is 6.93 Å². The fourth-order valence-electron chi connectivity index (χ4n) is 1.74. The molecule has 1 aliphatic carbocycles. The van der Waals surface area contributed by atoms with Crippen molar-refractivity contribution in [2.75, 3.05) is 0 Å². The number of hydrogen-bond acceptors (Lipinski definition) is 3. The van der Waals surface area contributed by atoms with Crippen LogP contribution in [0.5, 0.6) is 0 Å². The van der Waals surface area contributed by atoms with Crippen molar-refractivity contribution >= 4 is 11.6 Å². The van der Waals surface area contributed by atoms with Gasteiger partial charge in [-0.1, -0.05) is 13.8 Å². The maximum atomic E-state index is 12.1. The SMILES string of the molecule is [2H]C1=C(CC(C)C)C(=O)c2cccnc2C1=O. The second-order valence-corrected chi connectivity index (χ2v) is 4.26. The van der Waals surface area contributed by atoms with Crippen LogP contribution in [0.25, 0.3) is 0 Å². The van der Waals surface area contributed by atoms with E-state index in [-0.39, 0.29) is 23.4 Å².